The maximum Gasteiger partial charge on any atom is 0.118 e. The smallest absolute Gasteiger partial charge is 0.118 e. The van der Waals surface area contributed by atoms with E-state index in [0.29, 0.717) is 5.75 Å². The molecule has 2 aromatic rings. The molecule has 0 saturated heterocycles. The first-order valence-corrected chi connectivity index (χ1v) is 7.87. The molecule has 2 heteroatoms. The third-order valence-electron chi connectivity index (χ3n) is 4.81. The molecule has 2 N–H and O–H groups in total. The fourth-order valence-electron chi connectivity index (χ4n) is 2.97. The van der Waals surface area contributed by atoms with Gasteiger partial charge in [-0.1, -0.05) is 37.3 Å². The summed E-state index contributed by atoms with van der Waals surface area (Å²) in [5.74, 6) is 0.327. The lowest BCUT2D eigenvalue weighted by Crippen LogP contribution is -2.24. The van der Waals surface area contributed by atoms with Crippen molar-refractivity contribution in [2.75, 3.05) is 6.61 Å². The van der Waals surface area contributed by atoms with Crippen LogP contribution in [0.25, 0.3) is 0 Å². The minimum atomic E-state index is -0.167. The Labute approximate surface area is 133 Å². The van der Waals surface area contributed by atoms with Crippen LogP contribution in [0.4, 0.5) is 0 Å². The van der Waals surface area contributed by atoms with Gasteiger partial charge in [-0.05, 0) is 67.5 Å². The zero-order chi connectivity index (χ0) is 16.3. The highest BCUT2D eigenvalue weighted by molar-refractivity contribution is 5.45. The van der Waals surface area contributed by atoms with E-state index < -0.39 is 0 Å². The highest BCUT2D eigenvalue weighted by atomic mass is 16.3. The molecule has 0 aliphatic carbocycles. The molecule has 22 heavy (non-hydrogen) atoms. The first-order valence-electron chi connectivity index (χ1n) is 7.87. The summed E-state index contributed by atoms with van der Waals surface area (Å²) in [5, 5.41) is 19.1. The number of aliphatic hydroxyl groups is 1. The van der Waals surface area contributed by atoms with Crippen molar-refractivity contribution in [3.63, 3.8) is 0 Å². The first kappa shape index (κ1) is 16.6. The van der Waals surface area contributed by atoms with Gasteiger partial charge in [0, 0.05) is 12.0 Å². The normalized spacial score (nSPS) is 13.9. The van der Waals surface area contributed by atoms with Crippen LogP contribution in [-0.2, 0) is 5.41 Å². The van der Waals surface area contributed by atoms with Crippen molar-refractivity contribution in [2.24, 2.45) is 0 Å². The Morgan fingerprint density at radius 3 is 2.00 bits per heavy atom. The van der Waals surface area contributed by atoms with Crippen LogP contribution in [-0.4, -0.2) is 16.8 Å². The van der Waals surface area contributed by atoms with Crippen LogP contribution < -0.4 is 0 Å². The number of hydrogen-bond acceptors (Lipinski definition) is 2. The zero-order valence-corrected chi connectivity index (χ0v) is 14.0. The molecule has 0 bridgehead atoms. The largest absolute Gasteiger partial charge is 0.508 e. The first-order chi connectivity index (χ1) is 10.4. The summed E-state index contributed by atoms with van der Waals surface area (Å²) in [6.45, 7) is 8.59. The van der Waals surface area contributed by atoms with E-state index in [0.717, 1.165) is 18.4 Å². The SMILES string of the molecule is Cc1ccc(C(C)(CCCO)c2ccc(O)c(C)c2)cc1C. The van der Waals surface area contributed by atoms with E-state index in [4.69, 9.17) is 0 Å². The predicted molar refractivity (Wildman–Crippen MR) is 91.5 cm³/mol. The van der Waals surface area contributed by atoms with Crippen LogP contribution in [0.2, 0.25) is 0 Å². The molecule has 0 radical (unpaired) electrons. The summed E-state index contributed by atoms with van der Waals surface area (Å²) in [7, 11) is 0. The second-order valence-electron chi connectivity index (χ2n) is 6.46. The Hall–Kier alpha value is -1.80. The number of rotatable bonds is 5. The molecule has 2 aromatic carbocycles. The van der Waals surface area contributed by atoms with E-state index in [9.17, 15) is 10.2 Å². The van der Waals surface area contributed by atoms with Gasteiger partial charge in [-0.2, -0.15) is 0 Å². The lowest BCUT2D eigenvalue weighted by atomic mass is 9.72. The summed E-state index contributed by atoms with van der Waals surface area (Å²) in [6.07, 6.45) is 1.62. The van der Waals surface area contributed by atoms with Crippen molar-refractivity contribution >= 4 is 0 Å². The van der Waals surface area contributed by atoms with Gasteiger partial charge in [0.1, 0.15) is 5.75 Å². The monoisotopic (exact) mass is 298 g/mol. The Kier molecular flexibility index (Phi) is 4.92. The third-order valence-corrected chi connectivity index (χ3v) is 4.81. The summed E-state index contributed by atoms with van der Waals surface area (Å²) in [5.41, 5.74) is 5.73. The molecule has 0 heterocycles. The van der Waals surface area contributed by atoms with Crippen LogP contribution in [0.5, 0.6) is 5.75 Å². The summed E-state index contributed by atoms with van der Waals surface area (Å²) in [4.78, 5) is 0. The Balaban J connectivity index is 2.55. The standard InChI is InChI=1S/C20H26O2/c1-14-6-7-17(12-15(14)2)20(4,10-5-11-21)18-8-9-19(22)16(3)13-18/h6-9,12-13,21-22H,5,10-11H2,1-4H3. The highest BCUT2D eigenvalue weighted by Crippen LogP contribution is 2.38. The Bertz CT molecular complexity index is 607. The Morgan fingerprint density at radius 1 is 0.864 bits per heavy atom. The maximum absolute atomic E-state index is 9.80. The fourth-order valence-corrected chi connectivity index (χ4v) is 2.97. The predicted octanol–water partition coefficient (Wildman–Crippen LogP) is 4.40. The average molecular weight is 298 g/mol. The molecule has 0 saturated carbocycles. The lowest BCUT2D eigenvalue weighted by molar-refractivity contribution is 0.272. The molecule has 1 atom stereocenters. The molecular formula is C20H26O2. The summed E-state index contributed by atoms with van der Waals surface area (Å²) in [6, 6.07) is 12.4. The average Bonchev–Trinajstić information content (AvgIpc) is 2.50. The van der Waals surface area contributed by atoms with Gasteiger partial charge in [0.2, 0.25) is 0 Å². The number of benzene rings is 2. The van der Waals surface area contributed by atoms with Crippen molar-refractivity contribution in [1.82, 2.24) is 0 Å². The second-order valence-corrected chi connectivity index (χ2v) is 6.46. The van der Waals surface area contributed by atoms with Gasteiger partial charge < -0.3 is 10.2 Å². The molecule has 0 fully saturated rings. The zero-order valence-electron chi connectivity index (χ0n) is 14.0. The van der Waals surface area contributed by atoms with E-state index in [1.807, 2.05) is 13.0 Å². The van der Waals surface area contributed by atoms with Crippen LogP contribution in [0.3, 0.4) is 0 Å². The van der Waals surface area contributed by atoms with Gasteiger partial charge in [-0.25, -0.2) is 0 Å². The van der Waals surface area contributed by atoms with Gasteiger partial charge in [0.15, 0.2) is 0 Å². The third kappa shape index (κ3) is 3.17. The van der Waals surface area contributed by atoms with E-state index in [2.05, 4.69) is 45.0 Å². The Morgan fingerprint density at radius 2 is 1.45 bits per heavy atom. The molecule has 2 rings (SSSR count). The molecule has 0 amide bonds. The molecule has 0 spiro atoms. The summed E-state index contributed by atoms with van der Waals surface area (Å²) >= 11 is 0. The molecule has 2 nitrogen and oxygen atoms in total. The van der Waals surface area contributed by atoms with E-state index >= 15 is 0 Å². The van der Waals surface area contributed by atoms with Gasteiger partial charge in [0.25, 0.3) is 0 Å². The minimum absolute atomic E-state index is 0.167. The number of aromatic hydroxyl groups is 1. The quantitative estimate of drug-likeness (QED) is 0.859. The molecule has 0 aromatic heterocycles. The number of hydrogen-bond donors (Lipinski definition) is 2. The van der Waals surface area contributed by atoms with E-state index in [1.54, 1.807) is 6.07 Å². The van der Waals surface area contributed by atoms with Gasteiger partial charge in [-0.15, -0.1) is 0 Å². The van der Waals surface area contributed by atoms with Crippen LogP contribution in [0.1, 0.15) is 47.6 Å². The molecular weight excluding hydrogens is 272 g/mol. The lowest BCUT2D eigenvalue weighted by Gasteiger charge is -2.32. The number of aryl methyl sites for hydroxylation is 3. The highest BCUT2D eigenvalue weighted by Gasteiger charge is 2.29. The maximum atomic E-state index is 9.80. The molecule has 1 unspecified atom stereocenters. The van der Waals surface area contributed by atoms with E-state index in [1.165, 1.54) is 22.3 Å². The van der Waals surface area contributed by atoms with Crippen LogP contribution >= 0.6 is 0 Å². The molecule has 0 aliphatic heterocycles. The van der Waals surface area contributed by atoms with Crippen molar-refractivity contribution in [3.8, 4) is 5.75 Å². The van der Waals surface area contributed by atoms with Crippen molar-refractivity contribution in [2.45, 2.75) is 46.0 Å². The van der Waals surface area contributed by atoms with Gasteiger partial charge in [0.05, 0.1) is 0 Å². The van der Waals surface area contributed by atoms with Gasteiger partial charge in [-0.3, -0.25) is 0 Å². The number of aliphatic hydroxyl groups excluding tert-OH is 1. The topological polar surface area (TPSA) is 40.5 Å². The molecule has 0 aliphatic rings. The van der Waals surface area contributed by atoms with Crippen molar-refractivity contribution in [1.29, 1.82) is 0 Å². The summed E-state index contributed by atoms with van der Waals surface area (Å²) < 4.78 is 0. The number of phenolic OH excluding ortho intramolecular Hbond substituents is 1. The van der Waals surface area contributed by atoms with Gasteiger partial charge >= 0.3 is 0 Å². The van der Waals surface area contributed by atoms with Crippen LogP contribution in [0.15, 0.2) is 36.4 Å². The van der Waals surface area contributed by atoms with Crippen LogP contribution in [0, 0.1) is 20.8 Å². The van der Waals surface area contributed by atoms with E-state index in [-0.39, 0.29) is 12.0 Å². The van der Waals surface area contributed by atoms with Crippen molar-refractivity contribution < 1.29 is 10.2 Å². The van der Waals surface area contributed by atoms with Crippen molar-refractivity contribution in [3.05, 3.63) is 64.2 Å². The second kappa shape index (κ2) is 6.53. The molecule has 118 valence electrons. The fraction of sp³-hybridized carbons (Fsp3) is 0.400. The minimum Gasteiger partial charge on any atom is -0.508 e. The number of phenols is 1.